The van der Waals surface area contributed by atoms with Crippen molar-refractivity contribution < 1.29 is 0 Å². The van der Waals surface area contributed by atoms with Crippen LogP contribution < -0.4 is 5.73 Å². The zero-order valence-corrected chi connectivity index (χ0v) is 8.16. The first-order valence-electron chi connectivity index (χ1n) is 5.03. The van der Waals surface area contributed by atoms with Crippen molar-refractivity contribution in [1.82, 2.24) is 9.78 Å². The van der Waals surface area contributed by atoms with Gasteiger partial charge in [0.05, 0.1) is 6.20 Å². The van der Waals surface area contributed by atoms with Crippen molar-refractivity contribution in [2.24, 2.45) is 12.8 Å². The molecule has 0 spiro atoms. The molecule has 0 amide bonds. The summed E-state index contributed by atoms with van der Waals surface area (Å²) in [5.74, 6) is 0.773. The molecule has 3 heteroatoms. The topological polar surface area (TPSA) is 43.8 Å². The molecule has 72 valence electrons. The van der Waals surface area contributed by atoms with Gasteiger partial charge in [0.15, 0.2) is 0 Å². The van der Waals surface area contributed by atoms with E-state index < -0.39 is 0 Å². The van der Waals surface area contributed by atoms with E-state index >= 15 is 0 Å². The molecule has 0 aromatic carbocycles. The van der Waals surface area contributed by atoms with E-state index in [9.17, 15) is 0 Å². The van der Waals surface area contributed by atoms with Gasteiger partial charge in [0.1, 0.15) is 0 Å². The SMILES string of the molecule is Cn1ncc(C2CCC2)c1CCN. The second-order valence-corrected chi connectivity index (χ2v) is 3.84. The van der Waals surface area contributed by atoms with Crippen LogP contribution >= 0.6 is 0 Å². The number of nitrogens with two attached hydrogens (primary N) is 1. The molecule has 1 fully saturated rings. The molecule has 2 rings (SSSR count). The van der Waals surface area contributed by atoms with Gasteiger partial charge in [-0.1, -0.05) is 6.42 Å². The maximum Gasteiger partial charge on any atom is 0.0527 e. The maximum absolute atomic E-state index is 5.58. The lowest BCUT2D eigenvalue weighted by Crippen LogP contribution is -2.14. The Morgan fingerprint density at radius 3 is 2.92 bits per heavy atom. The van der Waals surface area contributed by atoms with E-state index in [1.807, 2.05) is 17.9 Å². The molecule has 0 radical (unpaired) electrons. The van der Waals surface area contributed by atoms with Crippen LogP contribution in [0.15, 0.2) is 6.20 Å². The Morgan fingerprint density at radius 1 is 1.62 bits per heavy atom. The molecule has 0 atom stereocenters. The van der Waals surface area contributed by atoms with Gasteiger partial charge in [0.2, 0.25) is 0 Å². The van der Waals surface area contributed by atoms with Crippen molar-refractivity contribution in [2.45, 2.75) is 31.6 Å². The van der Waals surface area contributed by atoms with Crippen LogP contribution in [0.5, 0.6) is 0 Å². The first-order valence-corrected chi connectivity index (χ1v) is 5.03. The molecule has 3 nitrogen and oxygen atoms in total. The molecule has 0 bridgehead atoms. The Morgan fingerprint density at radius 2 is 2.38 bits per heavy atom. The van der Waals surface area contributed by atoms with Crippen LogP contribution in [-0.4, -0.2) is 16.3 Å². The molecule has 1 saturated carbocycles. The van der Waals surface area contributed by atoms with Gasteiger partial charge >= 0.3 is 0 Å². The molecule has 1 aromatic rings. The minimum absolute atomic E-state index is 0.721. The zero-order chi connectivity index (χ0) is 9.26. The Labute approximate surface area is 78.9 Å². The van der Waals surface area contributed by atoms with E-state index in [-0.39, 0.29) is 0 Å². The molecule has 2 N–H and O–H groups in total. The van der Waals surface area contributed by atoms with Crippen LogP contribution in [0, 0.1) is 0 Å². The summed E-state index contributed by atoms with van der Waals surface area (Å²) in [5.41, 5.74) is 8.36. The van der Waals surface area contributed by atoms with E-state index in [4.69, 9.17) is 5.73 Å². The summed E-state index contributed by atoms with van der Waals surface area (Å²) in [4.78, 5) is 0. The first kappa shape index (κ1) is 8.75. The summed E-state index contributed by atoms with van der Waals surface area (Å²) in [5, 5.41) is 4.30. The highest BCUT2D eigenvalue weighted by Gasteiger charge is 2.23. The van der Waals surface area contributed by atoms with Crippen molar-refractivity contribution in [1.29, 1.82) is 0 Å². The summed E-state index contributed by atoms with van der Waals surface area (Å²) in [7, 11) is 2.01. The molecule has 1 aliphatic carbocycles. The summed E-state index contributed by atoms with van der Waals surface area (Å²) in [6.07, 6.45) is 7.03. The quantitative estimate of drug-likeness (QED) is 0.757. The monoisotopic (exact) mass is 179 g/mol. The Hall–Kier alpha value is -0.830. The molecular weight excluding hydrogens is 162 g/mol. The first-order chi connectivity index (χ1) is 6.33. The van der Waals surface area contributed by atoms with E-state index in [1.165, 1.54) is 30.5 Å². The summed E-state index contributed by atoms with van der Waals surface area (Å²) in [6.45, 7) is 0.721. The predicted molar refractivity (Wildman–Crippen MR) is 52.6 cm³/mol. The predicted octanol–water partition coefficient (Wildman–Crippen LogP) is 1.19. The molecule has 0 unspecified atom stereocenters. The van der Waals surface area contributed by atoms with Crippen LogP contribution in [0.2, 0.25) is 0 Å². The normalized spacial score (nSPS) is 17.4. The van der Waals surface area contributed by atoms with Crippen LogP contribution in [-0.2, 0) is 13.5 Å². The number of nitrogens with zero attached hydrogens (tertiary/aromatic N) is 2. The van der Waals surface area contributed by atoms with Crippen LogP contribution in [0.1, 0.15) is 36.4 Å². The van der Waals surface area contributed by atoms with E-state index in [2.05, 4.69) is 5.10 Å². The number of aryl methyl sites for hydroxylation is 1. The lowest BCUT2D eigenvalue weighted by atomic mass is 9.80. The highest BCUT2D eigenvalue weighted by molar-refractivity contribution is 5.24. The minimum Gasteiger partial charge on any atom is -0.330 e. The fraction of sp³-hybridized carbons (Fsp3) is 0.700. The lowest BCUT2D eigenvalue weighted by molar-refractivity contribution is 0.416. The summed E-state index contributed by atoms with van der Waals surface area (Å²) >= 11 is 0. The summed E-state index contributed by atoms with van der Waals surface area (Å²) in [6, 6.07) is 0. The van der Waals surface area contributed by atoms with Gasteiger partial charge in [0, 0.05) is 19.2 Å². The number of hydrogen-bond donors (Lipinski definition) is 1. The third kappa shape index (κ3) is 1.48. The van der Waals surface area contributed by atoms with Gasteiger partial charge in [-0.2, -0.15) is 5.10 Å². The van der Waals surface area contributed by atoms with Gasteiger partial charge in [-0.05, 0) is 30.9 Å². The van der Waals surface area contributed by atoms with Crippen molar-refractivity contribution in [3.63, 3.8) is 0 Å². The third-order valence-electron chi connectivity index (χ3n) is 3.02. The molecule has 13 heavy (non-hydrogen) atoms. The van der Waals surface area contributed by atoms with Crippen LogP contribution in [0.3, 0.4) is 0 Å². The average Bonchev–Trinajstić information content (AvgIpc) is 2.33. The average molecular weight is 179 g/mol. The number of aromatic nitrogens is 2. The zero-order valence-electron chi connectivity index (χ0n) is 8.16. The summed E-state index contributed by atoms with van der Waals surface area (Å²) < 4.78 is 1.97. The van der Waals surface area contributed by atoms with Gasteiger partial charge in [0.25, 0.3) is 0 Å². The third-order valence-corrected chi connectivity index (χ3v) is 3.02. The number of hydrogen-bond acceptors (Lipinski definition) is 2. The smallest absolute Gasteiger partial charge is 0.0527 e. The van der Waals surface area contributed by atoms with Gasteiger partial charge < -0.3 is 5.73 Å². The van der Waals surface area contributed by atoms with Gasteiger partial charge in [-0.25, -0.2) is 0 Å². The Bertz CT molecular complexity index is 286. The highest BCUT2D eigenvalue weighted by Crippen LogP contribution is 2.37. The number of rotatable bonds is 3. The second kappa shape index (κ2) is 3.50. The maximum atomic E-state index is 5.58. The largest absolute Gasteiger partial charge is 0.330 e. The minimum atomic E-state index is 0.721. The standard InChI is InChI=1S/C10H17N3/c1-13-10(5-6-11)9(7-12-13)8-3-2-4-8/h7-8H,2-6,11H2,1H3. The fourth-order valence-electron chi connectivity index (χ4n) is 1.98. The highest BCUT2D eigenvalue weighted by atomic mass is 15.3. The van der Waals surface area contributed by atoms with Gasteiger partial charge in [-0.15, -0.1) is 0 Å². The van der Waals surface area contributed by atoms with Crippen molar-refractivity contribution in [3.8, 4) is 0 Å². The molecule has 1 aliphatic rings. The Balaban J connectivity index is 2.22. The second-order valence-electron chi connectivity index (χ2n) is 3.84. The van der Waals surface area contributed by atoms with Crippen molar-refractivity contribution >= 4 is 0 Å². The molecule has 0 aliphatic heterocycles. The molecule has 0 saturated heterocycles. The van der Waals surface area contributed by atoms with Crippen molar-refractivity contribution in [3.05, 3.63) is 17.5 Å². The molecule has 1 heterocycles. The van der Waals surface area contributed by atoms with E-state index in [0.717, 1.165) is 18.9 Å². The van der Waals surface area contributed by atoms with Crippen LogP contribution in [0.4, 0.5) is 0 Å². The van der Waals surface area contributed by atoms with E-state index in [1.54, 1.807) is 0 Å². The molecular formula is C10H17N3. The van der Waals surface area contributed by atoms with Crippen molar-refractivity contribution in [2.75, 3.05) is 6.54 Å². The Kier molecular flexibility index (Phi) is 2.36. The lowest BCUT2D eigenvalue weighted by Gasteiger charge is -2.25. The van der Waals surface area contributed by atoms with Crippen LogP contribution in [0.25, 0.3) is 0 Å². The molecule has 1 aromatic heterocycles. The van der Waals surface area contributed by atoms with E-state index in [0.29, 0.717) is 0 Å². The van der Waals surface area contributed by atoms with Gasteiger partial charge in [-0.3, -0.25) is 4.68 Å². The fourth-order valence-corrected chi connectivity index (χ4v) is 1.98.